The van der Waals surface area contributed by atoms with Crippen molar-refractivity contribution < 1.29 is 22.7 Å². The van der Waals surface area contributed by atoms with Crippen LogP contribution in [0.1, 0.15) is 17.3 Å². The van der Waals surface area contributed by atoms with Crippen molar-refractivity contribution in [3.05, 3.63) is 77.5 Å². The second-order valence-corrected chi connectivity index (χ2v) is 7.94. The van der Waals surface area contributed by atoms with Crippen LogP contribution in [0.15, 0.2) is 76.8 Å². The van der Waals surface area contributed by atoms with Crippen molar-refractivity contribution in [2.75, 3.05) is 18.4 Å². The Morgan fingerprint density at radius 1 is 1.23 bits per heavy atom. The summed E-state index contributed by atoms with van der Waals surface area (Å²) in [4.78, 5) is 16.2. The fraction of sp³-hybridized carbons (Fsp3) is 0.143. The summed E-state index contributed by atoms with van der Waals surface area (Å²) in [5.74, 6) is -0.229. The molecule has 0 amide bonds. The summed E-state index contributed by atoms with van der Waals surface area (Å²) in [5, 5.41) is 0.416. The normalized spacial score (nSPS) is 11.6. The van der Waals surface area contributed by atoms with Crippen LogP contribution < -0.4 is 9.46 Å². The van der Waals surface area contributed by atoms with Gasteiger partial charge < -0.3 is 9.47 Å². The van der Waals surface area contributed by atoms with Crippen molar-refractivity contribution in [1.29, 1.82) is 0 Å². The van der Waals surface area contributed by atoms with Gasteiger partial charge in [0.25, 0.3) is 10.0 Å². The molecule has 0 heterocycles. The van der Waals surface area contributed by atoms with Gasteiger partial charge in [-0.15, -0.1) is 0 Å². The van der Waals surface area contributed by atoms with E-state index in [4.69, 9.17) is 21.1 Å². The van der Waals surface area contributed by atoms with Gasteiger partial charge in [-0.1, -0.05) is 18.2 Å². The number of nitrogens with zero attached hydrogens (tertiary/aromatic N) is 1. The molecule has 158 valence electrons. The number of halogens is 1. The number of ether oxygens (including phenoxy) is 2. The van der Waals surface area contributed by atoms with Crippen LogP contribution in [0.5, 0.6) is 5.75 Å². The highest BCUT2D eigenvalue weighted by atomic mass is 35.5. The molecule has 1 N–H and O–H groups in total. The minimum absolute atomic E-state index is 0.0287. The lowest BCUT2D eigenvalue weighted by molar-refractivity contribution is 0.0523. The van der Waals surface area contributed by atoms with E-state index in [1.54, 1.807) is 32.3 Å². The number of hydrogen-bond acceptors (Lipinski definition) is 6. The Hall–Kier alpha value is -3.10. The minimum Gasteiger partial charge on any atom is -0.462 e. The third-order valence-electron chi connectivity index (χ3n) is 3.61. The van der Waals surface area contributed by atoms with Crippen molar-refractivity contribution in [2.24, 2.45) is 4.99 Å². The molecule has 2 aromatic rings. The Balaban J connectivity index is 2.33. The third kappa shape index (κ3) is 6.47. The van der Waals surface area contributed by atoms with Gasteiger partial charge in [0.05, 0.1) is 11.5 Å². The molecule has 7 nitrogen and oxygen atoms in total. The van der Waals surface area contributed by atoms with Gasteiger partial charge in [0, 0.05) is 24.0 Å². The number of carbonyl (C=O) groups excluding carboxylic acids is 1. The van der Waals surface area contributed by atoms with Crippen LogP contribution in [0.4, 0.5) is 5.69 Å². The Morgan fingerprint density at radius 2 is 1.93 bits per heavy atom. The average Bonchev–Trinajstić information content (AvgIpc) is 2.69. The highest BCUT2D eigenvalue weighted by Crippen LogP contribution is 2.27. The Kier molecular flexibility index (Phi) is 8.20. The summed E-state index contributed by atoms with van der Waals surface area (Å²) in [7, 11) is -2.26. The molecule has 2 aromatic carbocycles. The monoisotopic (exact) mass is 448 g/mol. The van der Waals surface area contributed by atoms with Crippen LogP contribution >= 0.6 is 11.6 Å². The van der Waals surface area contributed by atoms with Gasteiger partial charge in [-0.05, 0) is 61.5 Å². The van der Waals surface area contributed by atoms with Crippen LogP contribution in [0.3, 0.4) is 0 Å². The summed E-state index contributed by atoms with van der Waals surface area (Å²) in [5.41, 5.74) is 0.214. The van der Waals surface area contributed by atoms with Crippen LogP contribution in [0.25, 0.3) is 0 Å². The first-order chi connectivity index (χ1) is 14.3. The molecule has 0 aliphatic carbocycles. The number of hydrogen-bond donors (Lipinski definition) is 1. The molecule has 0 bridgehead atoms. The van der Waals surface area contributed by atoms with Gasteiger partial charge in [-0.25, -0.2) is 13.2 Å². The summed E-state index contributed by atoms with van der Waals surface area (Å²) in [6.45, 7) is 5.56. The van der Waals surface area contributed by atoms with Crippen molar-refractivity contribution in [3.63, 3.8) is 0 Å². The Labute approximate surface area is 180 Å². The average molecular weight is 449 g/mol. The molecule has 30 heavy (non-hydrogen) atoms. The molecule has 0 atom stereocenters. The summed E-state index contributed by atoms with van der Waals surface area (Å²) >= 11 is 5.81. The van der Waals surface area contributed by atoms with Gasteiger partial charge in [0.15, 0.2) is 0 Å². The predicted molar refractivity (Wildman–Crippen MR) is 118 cm³/mol. The first-order valence-electron chi connectivity index (χ1n) is 8.82. The maximum atomic E-state index is 12.6. The summed E-state index contributed by atoms with van der Waals surface area (Å²) in [6, 6.07) is 9.97. The van der Waals surface area contributed by atoms with Gasteiger partial charge in [-0.2, -0.15) is 0 Å². The number of benzene rings is 2. The fourth-order valence-corrected chi connectivity index (χ4v) is 3.47. The zero-order valence-corrected chi connectivity index (χ0v) is 18.0. The van der Waals surface area contributed by atoms with Crippen molar-refractivity contribution in [2.45, 2.75) is 11.8 Å². The Bertz CT molecular complexity index is 1080. The smallest absolute Gasteiger partial charge is 0.342 e. The number of aliphatic imine (C=N–C) groups is 1. The number of allylic oxidation sites excluding steroid dienone is 2. The first-order valence-corrected chi connectivity index (χ1v) is 10.7. The molecule has 0 saturated carbocycles. The van der Waals surface area contributed by atoms with E-state index in [0.29, 0.717) is 5.02 Å². The lowest BCUT2D eigenvalue weighted by Gasteiger charge is -2.14. The number of anilines is 1. The second kappa shape index (κ2) is 10.6. The van der Waals surface area contributed by atoms with E-state index in [1.807, 2.05) is 0 Å². The van der Waals surface area contributed by atoms with Gasteiger partial charge in [0.1, 0.15) is 17.1 Å². The molecular formula is C21H21ClN2O5S. The summed E-state index contributed by atoms with van der Waals surface area (Å²) in [6.07, 6.45) is 4.75. The second-order valence-electron chi connectivity index (χ2n) is 5.83. The first kappa shape index (κ1) is 23.2. The van der Waals surface area contributed by atoms with Crippen LogP contribution in [0, 0.1) is 0 Å². The molecule has 0 unspecified atom stereocenters. The number of esters is 1. The molecule has 0 saturated heterocycles. The number of nitrogens with one attached hydrogen (secondary N) is 1. The van der Waals surface area contributed by atoms with E-state index in [-0.39, 0.29) is 34.3 Å². The largest absolute Gasteiger partial charge is 0.462 e. The quantitative estimate of drug-likeness (QED) is 0.264. The molecular weight excluding hydrogens is 428 g/mol. The van der Waals surface area contributed by atoms with Crippen molar-refractivity contribution in [1.82, 2.24) is 0 Å². The van der Waals surface area contributed by atoms with E-state index in [9.17, 15) is 13.2 Å². The van der Waals surface area contributed by atoms with Crippen LogP contribution in [-0.2, 0) is 14.8 Å². The van der Waals surface area contributed by atoms with Gasteiger partial charge in [0.2, 0.25) is 0 Å². The molecule has 0 aliphatic heterocycles. The van der Waals surface area contributed by atoms with Gasteiger partial charge >= 0.3 is 5.97 Å². The van der Waals surface area contributed by atoms with Crippen LogP contribution in [0.2, 0.25) is 5.02 Å². The predicted octanol–water partition coefficient (Wildman–Crippen LogP) is 4.47. The summed E-state index contributed by atoms with van der Waals surface area (Å²) < 4.78 is 38.3. The fourth-order valence-electron chi connectivity index (χ4n) is 2.29. The standard InChI is InChI=1S/C21H21ClN2O5S/c1-4-28-21(25)19-14-17(9-12-20(19)29-15(2)6-5-13-23-3)24-30(26,27)18-10-7-16(22)8-11-18/h5-14,24H,2,4H2,1,3H3/b6-5-,23-13?. The molecule has 0 aromatic heterocycles. The zero-order valence-electron chi connectivity index (χ0n) is 16.5. The highest BCUT2D eigenvalue weighted by Gasteiger charge is 2.19. The van der Waals surface area contributed by atoms with E-state index in [1.165, 1.54) is 42.5 Å². The van der Waals surface area contributed by atoms with Gasteiger partial charge in [-0.3, -0.25) is 9.71 Å². The SMILES string of the molecule is C=C(/C=C\C=NC)Oc1ccc(NS(=O)(=O)c2ccc(Cl)cc2)cc1C(=O)OCC. The molecule has 0 spiro atoms. The topological polar surface area (TPSA) is 94.1 Å². The number of carbonyl (C=O) groups is 1. The minimum atomic E-state index is -3.88. The van der Waals surface area contributed by atoms with E-state index in [2.05, 4.69) is 16.3 Å². The maximum Gasteiger partial charge on any atom is 0.342 e. The number of rotatable bonds is 9. The lowest BCUT2D eigenvalue weighted by Crippen LogP contribution is -2.14. The Morgan fingerprint density at radius 3 is 2.57 bits per heavy atom. The molecule has 0 aliphatic rings. The van der Waals surface area contributed by atoms with E-state index < -0.39 is 16.0 Å². The highest BCUT2D eigenvalue weighted by molar-refractivity contribution is 7.92. The molecule has 0 fully saturated rings. The maximum absolute atomic E-state index is 12.6. The number of sulfonamides is 1. The van der Waals surface area contributed by atoms with E-state index in [0.717, 1.165) is 0 Å². The zero-order chi connectivity index (χ0) is 22.1. The van der Waals surface area contributed by atoms with Crippen molar-refractivity contribution >= 4 is 39.5 Å². The molecule has 0 radical (unpaired) electrons. The lowest BCUT2D eigenvalue weighted by atomic mass is 10.2. The van der Waals surface area contributed by atoms with Crippen LogP contribution in [-0.4, -0.2) is 34.3 Å². The van der Waals surface area contributed by atoms with E-state index >= 15 is 0 Å². The third-order valence-corrected chi connectivity index (χ3v) is 5.26. The molecule has 2 rings (SSSR count). The van der Waals surface area contributed by atoms with Crippen molar-refractivity contribution in [3.8, 4) is 5.75 Å². The molecule has 9 heteroatoms.